The average Bonchev–Trinajstić information content (AvgIpc) is 2.28. The standard InChI is InChI=1S/C13H17NO5/c1-5-18-12(16)9-7(3)14-8(4)10(11(9)15)13(17)19-6-2/h5-6H2,1-4H3,(H,14,15). The van der Waals surface area contributed by atoms with Gasteiger partial charge in [-0.2, -0.15) is 0 Å². The number of carbonyl (C=O) groups is 2. The highest BCUT2D eigenvalue weighted by molar-refractivity contribution is 5.96. The lowest BCUT2D eigenvalue weighted by atomic mass is 10.1. The lowest BCUT2D eigenvalue weighted by Crippen LogP contribution is -2.28. The third-order valence-electron chi connectivity index (χ3n) is 2.54. The molecule has 1 aromatic rings. The van der Waals surface area contributed by atoms with Crippen molar-refractivity contribution in [2.45, 2.75) is 27.7 Å². The van der Waals surface area contributed by atoms with E-state index in [1.54, 1.807) is 27.7 Å². The molecule has 1 rings (SSSR count). The number of aryl methyl sites for hydroxylation is 2. The van der Waals surface area contributed by atoms with Crippen LogP contribution in [0.2, 0.25) is 0 Å². The molecule has 1 aromatic heterocycles. The number of hydrogen-bond donors (Lipinski definition) is 1. The summed E-state index contributed by atoms with van der Waals surface area (Å²) < 4.78 is 9.63. The summed E-state index contributed by atoms with van der Waals surface area (Å²) in [5.74, 6) is -1.49. The Bertz CT molecular complexity index is 514. The molecule has 0 amide bonds. The minimum atomic E-state index is -0.744. The van der Waals surface area contributed by atoms with E-state index in [1.807, 2.05) is 0 Å². The molecular weight excluding hydrogens is 250 g/mol. The van der Waals surface area contributed by atoms with Crippen molar-refractivity contribution in [3.63, 3.8) is 0 Å². The minimum absolute atomic E-state index is 0.153. The van der Waals surface area contributed by atoms with Crippen LogP contribution in [0, 0.1) is 13.8 Å². The van der Waals surface area contributed by atoms with Crippen molar-refractivity contribution in [2.75, 3.05) is 13.2 Å². The first-order valence-corrected chi connectivity index (χ1v) is 6.01. The monoisotopic (exact) mass is 267 g/mol. The van der Waals surface area contributed by atoms with E-state index in [-0.39, 0.29) is 24.3 Å². The van der Waals surface area contributed by atoms with Gasteiger partial charge in [-0.3, -0.25) is 4.79 Å². The van der Waals surface area contributed by atoms with Crippen molar-refractivity contribution in [1.29, 1.82) is 0 Å². The van der Waals surface area contributed by atoms with Crippen molar-refractivity contribution in [3.8, 4) is 0 Å². The number of aromatic amines is 1. The van der Waals surface area contributed by atoms with Gasteiger partial charge >= 0.3 is 11.9 Å². The largest absolute Gasteiger partial charge is 0.462 e. The van der Waals surface area contributed by atoms with Gasteiger partial charge in [0, 0.05) is 11.4 Å². The summed E-state index contributed by atoms with van der Waals surface area (Å²) in [6.07, 6.45) is 0. The zero-order chi connectivity index (χ0) is 14.6. The van der Waals surface area contributed by atoms with E-state index in [4.69, 9.17) is 9.47 Å². The molecular formula is C13H17NO5. The van der Waals surface area contributed by atoms with Gasteiger partial charge in [0.1, 0.15) is 11.1 Å². The predicted octanol–water partition coefficient (Wildman–Crippen LogP) is 1.35. The Morgan fingerprint density at radius 2 is 1.32 bits per heavy atom. The maximum absolute atomic E-state index is 12.2. The van der Waals surface area contributed by atoms with Gasteiger partial charge in [0.15, 0.2) is 0 Å². The quantitative estimate of drug-likeness (QED) is 0.832. The van der Waals surface area contributed by atoms with Gasteiger partial charge in [-0.15, -0.1) is 0 Å². The van der Waals surface area contributed by atoms with Crippen molar-refractivity contribution < 1.29 is 19.1 Å². The Morgan fingerprint density at radius 3 is 1.63 bits per heavy atom. The molecule has 0 saturated carbocycles. The first-order chi connectivity index (χ1) is 8.93. The molecule has 0 saturated heterocycles. The zero-order valence-electron chi connectivity index (χ0n) is 11.5. The minimum Gasteiger partial charge on any atom is -0.462 e. The summed E-state index contributed by atoms with van der Waals surface area (Å²) in [4.78, 5) is 38.5. The number of pyridine rings is 1. The number of H-pyrrole nitrogens is 1. The number of rotatable bonds is 4. The normalized spacial score (nSPS) is 10.1. The summed E-state index contributed by atoms with van der Waals surface area (Å²) in [6.45, 7) is 6.75. The number of esters is 2. The molecule has 1 heterocycles. The van der Waals surface area contributed by atoms with Gasteiger partial charge in [0.2, 0.25) is 5.43 Å². The van der Waals surface area contributed by atoms with E-state index in [2.05, 4.69) is 4.98 Å². The zero-order valence-corrected chi connectivity index (χ0v) is 11.5. The predicted molar refractivity (Wildman–Crippen MR) is 68.4 cm³/mol. The fourth-order valence-corrected chi connectivity index (χ4v) is 1.77. The maximum Gasteiger partial charge on any atom is 0.343 e. The van der Waals surface area contributed by atoms with Crippen LogP contribution in [0.1, 0.15) is 46.0 Å². The van der Waals surface area contributed by atoms with Crippen LogP contribution in [0.3, 0.4) is 0 Å². The summed E-state index contributed by atoms with van der Waals surface area (Å²) in [7, 11) is 0. The molecule has 104 valence electrons. The van der Waals surface area contributed by atoms with Crippen molar-refractivity contribution in [3.05, 3.63) is 32.7 Å². The molecule has 6 nitrogen and oxygen atoms in total. The average molecular weight is 267 g/mol. The Labute approximate surface area is 110 Å². The first kappa shape index (κ1) is 14.9. The molecule has 0 atom stereocenters. The fourth-order valence-electron chi connectivity index (χ4n) is 1.77. The fraction of sp³-hybridized carbons (Fsp3) is 0.462. The van der Waals surface area contributed by atoms with Crippen molar-refractivity contribution >= 4 is 11.9 Å². The molecule has 0 aliphatic heterocycles. The van der Waals surface area contributed by atoms with E-state index >= 15 is 0 Å². The number of hydrogen-bond acceptors (Lipinski definition) is 5. The molecule has 0 aliphatic carbocycles. The number of ether oxygens (including phenoxy) is 2. The third-order valence-corrected chi connectivity index (χ3v) is 2.54. The summed E-state index contributed by atoms with van der Waals surface area (Å²) >= 11 is 0. The molecule has 0 fully saturated rings. The number of carbonyl (C=O) groups excluding carboxylic acids is 2. The second-order valence-corrected chi connectivity index (χ2v) is 3.90. The molecule has 1 N–H and O–H groups in total. The Balaban J connectivity index is 3.43. The summed E-state index contributed by atoms with van der Waals surface area (Å²) in [5.41, 5.74) is -0.236. The lowest BCUT2D eigenvalue weighted by Gasteiger charge is -2.10. The van der Waals surface area contributed by atoms with Crippen LogP contribution in [0.25, 0.3) is 0 Å². The first-order valence-electron chi connectivity index (χ1n) is 6.01. The lowest BCUT2D eigenvalue weighted by molar-refractivity contribution is 0.0520. The second-order valence-electron chi connectivity index (χ2n) is 3.90. The highest BCUT2D eigenvalue weighted by atomic mass is 16.5. The van der Waals surface area contributed by atoms with E-state index in [0.29, 0.717) is 11.4 Å². The Kier molecular flexibility index (Phi) is 4.86. The molecule has 0 aromatic carbocycles. The molecule has 0 spiro atoms. The SMILES string of the molecule is CCOC(=O)c1c(C)[nH]c(C)c(C(=O)OCC)c1=O. The summed E-state index contributed by atoms with van der Waals surface area (Å²) in [6, 6.07) is 0. The second kappa shape index (κ2) is 6.17. The molecule has 0 radical (unpaired) electrons. The Hall–Kier alpha value is -2.11. The smallest absolute Gasteiger partial charge is 0.343 e. The van der Waals surface area contributed by atoms with Crippen LogP contribution < -0.4 is 5.43 Å². The van der Waals surface area contributed by atoms with Crippen LogP contribution in [0.5, 0.6) is 0 Å². The van der Waals surface area contributed by atoms with E-state index in [0.717, 1.165) is 0 Å². The van der Waals surface area contributed by atoms with E-state index < -0.39 is 17.4 Å². The Morgan fingerprint density at radius 1 is 0.947 bits per heavy atom. The van der Waals surface area contributed by atoms with Crippen LogP contribution in [0.4, 0.5) is 0 Å². The summed E-state index contributed by atoms with van der Waals surface area (Å²) in [5, 5.41) is 0. The topological polar surface area (TPSA) is 85.5 Å². The number of aromatic nitrogens is 1. The van der Waals surface area contributed by atoms with Gasteiger partial charge in [-0.1, -0.05) is 0 Å². The van der Waals surface area contributed by atoms with Gasteiger partial charge in [0.25, 0.3) is 0 Å². The van der Waals surface area contributed by atoms with Gasteiger partial charge < -0.3 is 14.5 Å². The van der Waals surface area contributed by atoms with E-state index in [9.17, 15) is 14.4 Å². The van der Waals surface area contributed by atoms with E-state index in [1.165, 1.54) is 0 Å². The molecule has 0 unspecified atom stereocenters. The van der Waals surface area contributed by atoms with Crippen LogP contribution in [-0.2, 0) is 9.47 Å². The van der Waals surface area contributed by atoms with Gasteiger partial charge in [0.05, 0.1) is 13.2 Å². The van der Waals surface area contributed by atoms with Crippen LogP contribution >= 0.6 is 0 Å². The third kappa shape index (κ3) is 3.01. The highest BCUT2D eigenvalue weighted by Gasteiger charge is 2.24. The maximum atomic E-state index is 12.2. The highest BCUT2D eigenvalue weighted by Crippen LogP contribution is 2.09. The molecule has 6 heteroatoms. The van der Waals surface area contributed by atoms with Gasteiger partial charge in [-0.25, -0.2) is 9.59 Å². The molecule has 0 bridgehead atoms. The van der Waals surface area contributed by atoms with Crippen molar-refractivity contribution in [1.82, 2.24) is 4.98 Å². The molecule has 0 aliphatic rings. The van der Waals surface area contributed by atoms with Crippen LogP contribution in [-0.4, -0.2) is 30.1 Å². The van der Waals surface area contributed by atoms with Crippen LogP contribution in [0.15, 0.2) is 4.79 Å². The van der Waals surface area contributed by atoms with Gasteiger partial charge in [-0.05, 0) is 27.7 Å². The van der Waals surface area contributed by atoms with Crippen molar-refractivity contribution in [2.24, 2.45) is 0 Å². The molecule has 19 heavy (non-hydrogen) atoms. The number of nitrogens with one attached hydrogen (secondary N) is 1.